The zero-order valence-electron chi connectivity index (χ0n) is 16.4. The van der Waals surface area contributed by atoms with Crippen LogP contribution in [0.25, 0.3) is 0 Å². The second-order valence-electron chi connectivity index (χ2n) is 6.85. The summed E-state index contributed by atoms with van der Waals surface area (Å²) in [5, 5.41) is 2.70. The van der Waals surface area contributed by atoms with Crippen LogP contribution in [-0.4, -0.2) is 23.3 Å². The van der Waals surface area contributed by atoms with Crippen molar-refractivity contribution in [3.05, 3.63) is 106 Å². The lowest BCUT2D eigenvalue weighted by Crippen LogP contribution is -2.34. The highest BCUT2D eigenvalue weighted by atomic mass is 79.9. The van der Waals surface area contributed by atoms with Gasteiger partial charge in [-0.1, -0.05) is 60.7 Å². The second-order valence-corrected chi connectivity index (χ2v) is 7.71. The summed E-state index contributed by atoms with van der Waals surface area (Å²) in [4.78, 5) is 27.0. The van der Waals surface area contributed by atoms with Crippen LogP contribution in [-0.2, 0) is 17.9 Å². The van der Waals surface area contributed by atoms with Crippen LogP contribution in [0.15, 0.2) is 83.3 Å². The number of hydrogen-bond donors (Lipinski definition) is 1. The quantitative estimate of drug-likeness (QED) is 0.509. The molecule has 0 atom stereocenters. The summed E-state index contributed by atoms with van der Waals surface area (Å²) in [7, 11) is 0. The van der Waals surface area contributed by atoms with Crippen molar-refractivity contribution in [2.75, 3.05) is 6.54 Å². The van der Waals surface area contributed by atoms with Gasteiger partial charge in [0.2, 0.25) is 5.91 Å². The van der Waals surface area contributed by atoms with Crippen LogP contribution < -0.4 is 5.32 Å². The molecular weight excluding hydrogens is 447 g/mol. The molecule has 0 bridgehead atoms. The molecule has 0 saturated heterocycles. The molecule has 1 N–H and O–H groups in total. The summed E-state index contributed by atoms with van der Waals surface area (Å²) < 4.78 is 13.9. The number of benzene rings is 3. The van der Waals surface area contributed by atoms with Crippen LogP contribution in [0.3, 0.4) is 0 Å². The molecule has 4 nitrogen and oxygen atoms in total. The van der Waals surface area contributed by atoms with Crippen LogP contribution in [0.5, 0.6) is 0 Å². The van der Waals surface area contributed by atoms with Gasteiger partial charge in [-0.25, -0.2) is 4.39 Å². The van der Waals surface area contributed by atoms with Crippen molar-refractivity contribution in [2.45, 2.75) is 19.5 Å². The Labute approximate surface area is 183 Å². The van der Waals surface area contributed by atoms with E-state index in [1.165, 1.54) is 18.2 Å². The molecule has 0 spiro atoms. The standard InChI is InChI=1S/C24H22BrFN2O2/c25-22-12-11-20(26)15-21(22)24(30)27-14-13-23(29)28(16-18-7-3-1-4-8-18)17-19-9-5-2-6-10-19/h1-12,15H,13-14,16-17H2,(H,27,30). The molecular formula is C24H22BrFN2O2. The van der Waals surface area contributed by atoms with E-state index in [1.807, 2.05) is 60.7 Å². The molecule has 0 aliphatic rings. The van der Waals surface area contributed by atoms with Crippen LogP contribution in [0, 0.1) is 5.82 Å². The molecule has 6 heteroatoms. The van der Waals surface area contributed by atoms with Gasteiger partial charge in [0.25, 0.3) is 5.91 Å². The van der Waals surface area contributed by atoms with E-state index < -0.39 is 11.7 Å². The molecule has 0 heterocycles. The highest BCUT2D eigenvalue weighted by Crippen LogP contribution is 2.18. The smallest absolute Gasteiger partial charge is 0.252 e. The van der Waals surface area contributed by atoms with Crippen molar-refractivity contribution >= 4 is 27.7 Å². The van der Waals surface area contributed by atoms with E-state index in [0.717, 1.165) is 11.1 Å². The Kier molecular flexibility index (Phi) is 7.74. The number of nitrogens with zero attached hydrogens (tertiary/aromatic N) is 1. The fourth-order valence-corrected chi connectivity index (χ4v) is 3.47. The Bertz CT molecular complexity index is 955. The molecule has 3 aromatic rings. The van der Waals surface area contributed by atoms with Crippen molar-refractivity contribution < 1.29 is 14.0 Å². The Morgan fingerprint density at radius 2 is 1.43 bits per heavy atom. The highest BCUT2D eigenvalue weighted by Gasteiger charge is 2.16. The van der Waals surface area contributed by atoms with E-state index >= 15 is 0 Å². The van der Waals surface area contributed by atoms with Crippen LogP contribution in [0.2, 0.25) is 0 Å². The number of rotatable bonds is 8. The number of nitrogens with one attached hydrogen (secondary N) is 1. The first-order chi connectivity index (χ1) is 14.5. The van der Waals surface area contributed by atoms with E-state index in [9.17, 15) is 14.0 Å². The van der Waals surface area contributed by atoms with Gasteiger partial charge in [-0.05, 0) is 45.3 Å². The van der Waals surface area contributed by atoms with E-state index in [0.29, 0.717) is 17.6 Å². The Hall–Kier alpha value is -2.99. The van der Waals surface area contributed by atoms with Crippen molar-refractivity contribution in [3.8, 4) is 0 Å². The lowest BCUT2D eigenvalue weighted by Gasteiger charge is -2.23. The van der Waals surface area contributed by atoms with Gasteiger partial charge in [0, 0.05) is 30.5 Å². The van der Waals surface area contributed by atoms with Gasteiger partial charge in [0.1, 0.15) is 5.82 Å². The zero-order valence-corrected chi connectivity index (χ0v) is 17.9. The molecule has 2 amide bonds. The zero-order chi connectivity index (χ0) is 21.3. The maximum Gasteiger partial charge on any atom is 0.252 e. The van der Waals surface area contributed by atoms with E-state index in [1.54, 1.807) is 4.90 Å². The minimum atomic E-state index is -0.490. The Morgan fingerprint density at radius 3 is 2.00 bits per heavy atom. The average Bonchev–Trinajstić information content (AvgIpc) is 2.76. The summed E-state index contributed by atoms with van der Waals surface area (Å²) >= 11 is 3.25. The van der Waals surface area contributed by atoms with Gasteiger partial charge >= 0.3 is 0 Å². The number of halogens is 2. The van der Waals surface area contributed by atoms with Gasteiger partial charge in [0.15, 0.2) is 0 Å². The lowest BCUT2D eigenvalue weighted by molar-refractivity contribution is -0.132. The molecule has 0 unspecified atom stereocenters. The van der Waals surface area contributed by atoms with Gasteiger partial charge in [0.05, 0.1) is 5.56 Å². The van der Waals surface area contributed by atoms with Gasteiger partial charge < -0.3 is 10.2 Å². The minimum Gasteiger partial charge on any atom is -0.351 e. The third-order valence-corrected chi connectivity index (χ3v) is 5.27. The van der Waals surface area contributed by atoms with Crippen molar-refractivity contribution in [1.29, 1.82) is 0 Å². The summed E-state index contributed by atoms with van der Waals surface area (Å²) in [6.07, 6.45) is 0.151. The molecule has 0 radical (unpaired) electrons. The maximum absolute atomic E-state index is 13.4. The number of carbonyl (C=O) groups excluding carboxylic acids is 2. The number of carbonyl (C=O) groups is 2. The summed E-state index contributed by atoms with van der Waals surface area (Å²) in [6, 6.07) is 23.5. The molecule has 0 aromatic heterocycles. The molecule has 3 rings (SSSR count). The molecule has 0 saturated carbocycles. The van der Waals surface area contributed by atoms with E-state index in [4.69, 9.17) is 0 Å². The Morgan fingerprint density at radius 1 is 0.867 bits per heavy atom. The predicted octanol–water partition coefficient (Wildman–Crippen LogP) is 4.94. The SMILES string of the molecule is O=C(NCCC(=O)N(Cc1ccccc1)Cc1ccccc1)c1cc(F)ccc1Br. The fraction of sp³-hybridized carbons (Fsp3) is 0.167. The molecule has 0 fully saturated rings. The number of hydrogen-bond acceptors (Lipinski definition) is 2. The lowest BCUT2D eigenvalue weighted by atomic mass is 10.1. The van der Waals surface area contributed by atoms with Crippen molar-refractivity contribution in [1.82, 2.24) is 10.2 Å². The van der Waals surface area contributed by atoms with Crippen LogP contribution in [0.4, 0.5) is 4.39 Å². The van der Waals surface area contributed by atoms with Crippen LogP contribution in [0.1, 0.15) is 27.9 Å². The van der Waals surface area contributed by atoms with E-state index in [2.05, 4.69) is 21.2 Å². The summed E-state index contributed by atoms with van der Waals surface area (Å²) in [5.74, 6) is -0.982. The predicted molar refractivity (Wildman–Crippen MR) is 118 cm³/mol. The normalized spacial score (nSPS) is 10.5. The molecule has 154 valence electrons. The van der Waals surface area contributed by atoms with Gasteiger partial charge in [-0.15, -0.1) is 0 Å². The molecule has 30 heavy (non-hydrogen) atoms. The first-order valence-electron chi connectivity index (χ1n) is 9.62. The summed E-state index contributed by atoms with van der Waals surface area (Å²) in [6.45, 7) is 1.14. The topological polar surface area (TPSA) is 49.4 Å². The third-order valence-electron chi connectivity index (χ3n) is 4.58. The minimum absolute atomic E-state index is 0.0682. The van der Waals surface area contributed by atoms with Gasteiger partial charge in [-0.2, -0.15) is 0 Å². The average molecular weight is 469 g/mol. The third kappa shape index (κ3) is 6.26. The van der Waals surface area contributed by atoms with Crippen LogP contribution >= 0.6 is 15.9 Å². The van der Waals surface area contributed by atoms with Crippen molar-refractivity contribution in [2.24, 2.45) is 0 Å². The first-order valence-corrected chi connectivity index (χ1v) is 10.4. The first kappa shape index (κ1) is 21.7. The largest absolute Gasteiger partial charge is 0.351 e. The number of amides is 2. The fourth-order valence-electron chi connectivity index (χ4n) is 3.05. The van der Waals surface area contributed by atoms with Gasteiger partial charge in [-0.3, -0.25) is 9.59 Å². The highest BCUT2D eigenvalue weighted by molar-refractivity contribution is 9.10. The summed E-state index contributed by atoms with van der Waals surface area (Å²) in [5.41, 5.74) is 2.27. The molecule has 3 aromatic carbocycles. The molecule has 0 aliphatic carbocycles. The maximum atomic E-state index is 13.4. The Balaban J connectivity index is 1.62. The molecule has 0 aliphatic heterocycles. The monoisotopic (exact) mass is 468 g/mol. The second kappa shape index (κ2) is 10.7. The van der Waals surface area contributed by atoms with E-state index in [-0.39, 0.29) is 24.4 Å². The van der Waals surface area contributed by atoms with Crippen molar-refractivity contribution in [3.63, 3.8) is 0 Å².